The predicted molar refractivity (Wildman–Crippen MR) is 103 cm³/mol. The SMILES string of the molecule is Cc1nc(Nc2ccccc2Cl)cc(N2CCc3ccccc3C2)n1. The number of aromatic nitrogens is 2. The van der Waals surface area contributed by atoms with E-state index in [1.54, 1.807) is 0 Å². The lowest BCUT2D eigenvalue weighted by molar-refractivity contribution is 0.717. The highest BCUT2D eigenvalue weighted by molar-refractivity contribution is 6.33. The molecule has 126 valence electrons. The van der Waals surface area contributed by atoms with Crippen LogP contribution in [0.2, 0.25) is 5.02 Å². The quantitative estimate of drug-likeness (QED) is 0.740. The van der Waals surface area contributed by atoms with E-state index in [0.717, 1.165) is 42.7 Å². The van der Waals surface area contributed by atoms with E-state index >= 15 is 0 Å². The molecule has 1 aliphatic rings. The van der Waals surface area contributed by atoms with Crippen molar-refractivity contribution in [2.75, 3.05) is 16.8 Å². The largest absolute Gasteiger partial charge is 0.352 e. The van der Waals surface area contributed by atoms with Gasteiger partial charge in [0.05, 0.1) is 10.7 Å². The number of anilines is 3. The molecule has 2 aromatic carbocycles. The molecular weight excluding hydrogens is 332 g/mol. The molecule has 1 aromatic heterocycles. The second-order valence-electron chi connectivity index (χ2n) is 6.20. The summed E-state index contributed by atoms with van der Waals surface area (Å²) in [5.74, 6) is 2.44. The van der Waals surface area contributed by atoms with E-state index in [2.05, 4.69) is 44.5 Å². The van der Waals surface area contributed by atoms with Crippen LogP contribution in [0, 0.1) is 6.92 Å². The zero-order valence-electron chi connectivity index (χ0n) is 14.0. The van der Waals surface area contributed by atoms with Crippen molar-refractivity contribution in [2.24, 2.45) is 0 Å². The Morgan fingerprint density at radius 1 is 1.00 bits per heavy atom. The molecule has 0 aliphatic carbocycles. The van der Waals surface area contributed by atoms with Crippen LogP contribution in [0.3, 0.4) is 0 Å². The Bertz CT molecular complexity index is 910. The van der Waals surface area contributed by atoms with Gasteiger partial charge in [-0.2, -0.15) is 0 Å². The molecule has 0 fully saturated rings. The molecule has 3 aromatic rings. The maximum Gasteiger partial charge on any atom is 0.136 e. The van der Waals surface area contributed by atoms with Crippen molar-refractivity contribution >= 4 is 28.9 Å². The highest BCUT2D eigenvalue weighted by atomic mass is 35.5. The lowest BCUT2D eigenvalue weighted by Gasteiger charge is -2.30. The Labute approximate surface area is 152 Å². The molecule has 1 aliphatic heterocycles. The number of hydrogen-bond donors (Lipinski definition) is 1. The zero-order chi connectivity index (χ0) is 17.2. The summed E-state index contributed by atoms with van der Waals surface area (Å²) in [6.07, 6.45) is 1.03. The fourth-order valence-electron chi connectivity index (χ4n) is 3.17. The average Bonchev–Trinajstić information content (AvgIpc) is 2.63. The molecule has 2 heterocycles. The Hall–Kier alpha value is -2.59. The van der Waals surface area contributed by atoms with Gasteiger partial charge in [0, 0.05) is 19.2 Å². The van der Waals surface area contributed by atoms with Crippen LogP contribution >= 0.6 is 11.6 Å². The van der Waals surface area contributed by atoms with Crippen molar-refractivity contribution in [1.82, 2.24) is 9.97 Å². The van der Waals surface area contributed by atoms with Crippen molar-refractivity contribution in [3.63, 3.8) is 0 Å². The molecule has 0 saturated carbocycles. The molecule has 5 heteroatoms. The minimum atomic E-state index is 0.673. The van der Waals surface area contributed by atoms with Crippen LogP contribution in [-0.4, -0.2) is 16.5 Å². The number of benzene rings is 2. The number of hydrogen-bond acceptors (Lipinski definition) is 4. The van der Waals surface area contributed by atoms with Gasteiger partial charge in [-0.3, -0.25) is 0 Å². The first-order chi connectivity index (χ1) is 12.2. The van der Waals surface area contributed by atoms with Gasteiger partial charge >= 0.3 is 0 Å². The number of rotatable bonds is 3. The molecule has 4 nitrogen and oxygen atoms in total. The number of nitrogens with one attached hydrogen (secondary N) is 1. The van der Waals surface area contributed by atoms with Crippen molar-refractivity contribution in [2.45, 2.75) is 19.9 Å². The van der Waals surface area contributed by atoms with Crippen molar-refractivity contribution < 1.29 is 0 Å². The van der Waals surface area contributed by atoms with Gasteiger partial charge in [0.15, 0.2) is 0 Å². The number of halogens is 1. The van der Waals surface area contributed by atoms with Gasteiger partial charge in [0.1, 0.15) is 17.5 Å². The van der Waals surface area contributed by atoms with Crippen molar-refractivity contribution in [3.8, 4) is 0 Å². The summed E-state index contributed by atoms with van der Waals surface area (Å²) in [4.78, 5) is 11.4. The Kier molecular flexibility index (Phi) is 4.28. The molecule has 4 rings (SSSR count). The monoisotopic (exact) mass is 350 g/mol. The van der Waals surface area contributed by atoms with Gasteiger partial charge in [-0.15, -0.1) is 0 Å². The van der Waals surface area contributed by atoms with Crippen LogP contribution in [0.1, 0.15) is 17.0 Å². The summed E-state index contributed by atoms with van der Waals surface area (Å²) in [6, 6.07) is 18.3. The van der Waals surface area contributed by atoms with Gasteiger partial charge < -0.3 is 10.2 Å². The topological polar surface area (TPSA) is 41.1 Å². The summed E-state index contributed by atoms with van der Waals surface area (Å²) in [7, 11) is 0. The minimum absolute atomic E-state index is 0.673. The molecule has 0 unspecified atom stereocenters. The second-order valence-corrected chi connectivity index (χ2v) is 6.61. The molecule has 0 atom stereocenters. The third-order valence-corrected chi connectivity index (χ3v) is 4.75. The predicted octanol–water partition coefficient (Wildman–Crippen LogP) is 4.74. The van der Waals surface area contributed by atoms with Gasteiger partial charge in [-0.25, -0.2) is 9.97 Å². The van der Waals surface area contributed by atoms with Crippen molar-refractivity contribution in [3.05, 3.63) is 76.6 Å². The lowest BCUT2D eigenvalue weighted by atomic mass is 10.00. The Morgan fingerprint density at radius 3 is 2.60 bits per heavy atom. The third kappa shape index (κ3) is 3.44. The highest BCUT2D eigenvalue weighted by Gasteiger charge is 2.18. The van der Waals surface area contributed by atoms with E-state index in [9.17, 15) is 0 Å². The summed E-state index contributed by atoms with van der Waals surface area (Å²) >= 11 is 6.24. The molecular formula is C20H19ClN4. The average molecular weight is 351 g/mol. The second kappa shape index (κ2) is 6.73. The molecule has 0 radical (unpaired) electrons. The minimum Gasteiger partial charge on any atom is -0.352 e. The normalized spacial score (nSPS) is 13.4. The summed E-state index contributed by atoms with van der Waals surface area (Å²) in [6.45, 7) is 3.75. The molecule has 0 saturated heterocycles. The zero-order valence-corrected chi connectivity index (χ0v) is 14.8. The maximum atomic E-state index is 6.24. The molecule has 1 N–H and O–H groups in total. The first-order valence-electron chi connectivity index (χ1n) is 8.38. The summed E-state index contributed by atoms with van der Waals surface area (Å²) in [5.41, 5.74) is 3.64. The van der Waals surface area contributed by atoms with E-state index in [1.807, 2.05) is 37.3 Å². The maximum absolute atomic E-state index is 6.24. The van der Waals surface area contributed by atoms with Gasteiger partial charge in [-0.1, -0.05) is 48.0 Å². The van der Waals surface area contributed by atoms with E-state index in [4.69, 9.17) is 11.6 Å². The molecule has 0 spiro atoms. The van der Waals surface area contributed by atoms with Crippen LogP contribution in [-0.2, 0) is 13.0 Å². The summed E-state index contributed by atoms with van der Waals surface area (Å²) < 4.78 is 0. The van der Waals surface area contributed by atoms with E-state index in [-0.39, 0.29) is 0 Å². The van der Waals surface area contributed by atoms with Crippen molar-refractivity contribution in [1.29, 1.82) is 0 Å². The standard InChI is InChI=1S/C20H19ClN4/c1-14-22-19(24-18-9-5-4-8-17(18)21)12-20(23-14)25-11-10-15-6-2-3-7-16(15)13-25/h2-9,12H,10-11,13H2,1H3,(H,22,23,24). The third-order valence-electron chi connectivity index (χ3n) is 4.42. The molecule has 0 bridgehead atoms. The van der Waals surface area contributed by atoms with Gasteiger partial charge in [0.2, 0.25) is 0 Å². The number of fused-ring (bicyclic) bond motifs is 1. The smallest absolute Gasteiger partial charge is 0.136 e. The van der Waals surface area contributed by atoms with Crippen LogP contribution < -0.4 is 10.2 Å². The highest BCUT2D eigenvalue weighted by Crippen LogP contribution is 2.28. The first-order valence-corrected chi connectivity index (χ1v) is 8.76. The fourth-order valence-corrected chi connectivity index (χ4v) is 3.35. The van der Waals surface area contributed by atoms with Gasteiger partial charge in [0.25, 0.3) is 0 Å². The Balaban J connectivity index is 1.61. The number of nitrogens with zero attached hydrogens (tertiary/aromatic N) is 3. The first kappa shape index (κ1) is 15.9. The van der Waals surface area contributed by atoms with Gasteiger partial charge in [-0.05, 0) is 36.6 Å². The van der Waals surface area contributed by atoms with E-state index < -0.39 is 0 Å². The number of aryl methyl sites for hydroxylation is 1. The Morgan fingerprint density at radius 2 is 1.76 bits per heavy atom. The van der Waals surface area contributed by atoms with Crippen LogP contribution in [0.15, 0.2) is 54.6 Å². The van der Waals surface area contributed by atoms with Crippen LogP contribution in [0.4, 0.5) is 17.3 Å². The van der Waals surface area contributed by atoms with Crippen LogP contribution in [0.25, 0.3) is 0 Å². The van der Waals surface area contributed by atoms with E-state index in [0.29, 0.717) is 5.02 Å². The van der Waals surface area contributed by atoms with Crippen LogP contribution in [0.5, 0.6) is 0 Å². The lowest BCUT2D eigenvalue weighted by Crippen LogP contribution is -2.31. The van der Waals surface area contributed by atoms with E-state index in [1.165, 1.54) is 11.1 Å². The number of para-hydroxylation sites is 1. The molecule has 25 heavy (non-hydrogen) atoms. The summed E-state index contributed by atoms with van der Waals surface area (Å²) in [5, 5.41) is 3.98. The fraction of sp³-hybridized carbons (Fsp3) is 0.200. The molecule has 0 amide bonds.